The molecule has 0 heterocycles. The number of hydrogen-bond acceptors (Lipinski definition) is 4. The van der Waals surface area contributed by atoms with Crippen molar-refractivity contribution < 1.29 is 17.9 Å². The van der Waals surface area contributed by atoms with Gasteiger partial charge in [0.05, 0.1) is 6.26 Å². The fourth-order valence-electron chi connectivity index (χ4n) is 1.47. The Balaban J connectivity index is 2.81. The molecule has 0 spiro atoms. The molecule has 0 aromatic heterocycles. The first-order chi connectivity index (χ1) is 8.96. The van der Waals surface area contributed by atoms with Crippen LogP contribution < -0.4 is 14.8 Å². The molecule has 0 aliphatic carbocycles. The van der Waals surface area contributed by atoms with Gasteiger partial charge in [0.15, 0.2) is 0 Å². The van der Waals surface area contributed by atoms with Gasteiger partial charge in [0.2, 0.25) is 10.0 Å². The average Bonchev–Trinajstić information content (AvgIpc) is 2.17. The molecule has 1 aromatic carbocycles. The third kappa shape index (κ3) is 5.92. The zero-order valence-corrected chi connectivity index (χ0v) is 13.1. The summed E-state index contributed by atoms with van der Waals surface area (Å²) in [7, 11) is -3.32. The van der Waals surface area contributed by atoms with Crippen LogP contribution in [-0.2, 0) is 10.0 Å². The second-order valence-electron chi connectivity index (χ2n) is 5.62. The Bertz CT molecular complexity index is 603. The number of sulfonamides is 1. The molecule has 0 fully saturated rings. The van der Waals surface area contributed by atoms with E-state index in [0.717, 1.165) is 6.26 Å². The highest BCUT2D eigenvalue weighted by atomic mass is 32.2. The summed E-state index contributed by atoms with van der Waals surface area (Å²) in [6, 6.07) is 4.68. The van der Waals surface area contributed by atoms with Gasteiger partial charge in [-0.15, -0.1) is 0 Å². The number of nitrogens with one attached hydrogen (secondary N) is 2. The van der Waals surface area contributed by atoms with Crippen molar-refractivity contribution in [3.63, 3.8) is 0 Å². The molecule has 1 amide bonds. The summed E-state index contributed by atoms with van der Waals surface area (Å²) < 4.78 is 29.8. The third-order valence-corrected chi connectivity index (χ3v) is 2.76. The van der Waals surface area contributed by atoms with Gasteiger partial charge in [-0.2, -0.15) is 0 Å². The van der Waals surface area contributed by atoms with Crippen LogP contribution in [0.25, 0.3) is 0 Å². The number of carbonyl (C=O) groups excluding carboxylic acids is 1. The van der Waals surface area contributed by atoms with Gasteiger partial charge in [-0.05, 0) is 51.5 Å². The maximum absolute atomic E-state index is 11.6. The van der Waals surface area contributed by atoms with Crippen molar-refractivity contribution >= 4 is 21.8 Å². The molecule has 0 radical (unpaired) electrons. The fourth-order valence-corrected chi connectivity index (χ4v) is 2.03. The minimum atomic E-state index is -3.32. The molecule has 0 aliphatic rings. The first-order valence-electron chi connectivity index (χ1n) is 6.05. The summed E-state index contributed by atoms with van der Waals surface area (Å²) in [5.74, 6) is 0.380. The number of aryl methyl sites for hydroxylation is 1. The first kappa shape index (κ1) is 16.3. The Labute approximate surface area is 119 Å². The van der Waals surface area contributed by atoms with Gasteiger partial charge in [0, 0.05) is 11.2 Å². The van der Waals surface area contributed by atoms with E-state index in [9.17, 15) is 13.2 Å². The zero-order valence-electron chi connectivity index (χ0n) is 12.3. The largest absolute Gasteiger partial charge is 0.413 e. The van der Waals surface area contributed by atoms with Crippen LogP contribution in [0.1, 0.15) is 26.3 Å². The highest BCUT2D eigenvalue weighted by Gasteiger charge is 2.16. The number of hydrogen-bond donors (Lipinski definition) is 2. The van der Waals surface area contributed by atoms with E-state index < -0.39 is 16.1 Å². The summed E-state index contributed by atoms with van der Waals surface area (Å²) >= 11 is 0. The lowest BCUT2D eigenvalue weighted by Crippen LogP contribution is -2.42. The van der Waals surface area contributed by atoms with E-state index in [1.54, 1.807) is 19.1 Å². The van der Waals surface area contributed by atoms with Crippen molar-refractivity contribution in [3.8, 4) is 5.75 Å². The number of benzene rings is 1. The molecule has 0 aliphatic heterocycles. The molecule has 7 heteroatoms. The summed E-state index contributed by atoms with van der Waals surface area (Å²) in [5, 5.41) is 2.68. The molecule has 1 rings (SSSR count). The number of ether oxygens (including phenoxy) is 1. The van der Waals surface area contributed by atoms with Crippen LogP contribution in [0.4, 0.5) is 10.5 Å². The van der Waals surface area contributed by atoms with Crippen LogP contribution >= 0.6 is 0 Å². The minimum Gasteiger partial charge on any atom is -0.410 e. The van der Waals surface area contributed by atoms with Crippen molar-refractivity contribution in [1.82, 2.24) is 5.32 Å². The van der Waals surface area contributed by atoms with Crippen molar-refractivity contribution in [3.05, 3.63) is 23.8 Å². The van der Waals surface area contributed by atoms with E-state index in [-0.39, 0.29) is 5.54 Å². The Morgan fingerprint density at radius 1 is 1.25 bits per heavy atom. The molecule has 0 saturated carbocycles. The highest BCUT2D eigenvalue weighted by Crippen LogP contribution is 2.22. The van der Waals surface area contributed by atoms with Gasteiger partial charge < -0.3 is 10.1 Å². The monoisotopic (exact) mass is 300 g/mol. The minimum absolute atomic E-state index is 0.380. The van der Waals surface area contributed by atoms with Crippen molar-refractivity contribution in [2.45, 2.75) is 33.2 Å². The van der Waals surface area contributed by atoms with Crippen LogP contribution in [0.2, 0.25) is 0 Å². The number of rotatable bonds is 3. The predicted molar refractivity (Wildman–Crippen MR) is 78.6 cm³/mol. The lowest BCUT2D eigenvalue weighted by Gasteiger charge is -2.20. The highest BCUT2D eigenvalue weighted by molar-refractivity contribution is 7.92. The third-order valence-electron chi connectivity index (χ3n) is 2.16. The first-order valence-corrected chi connectivity index (χ1v) is 7.94. The summed E-state index contributed by atoms with van der Waals surface area (Å²) in [6.07, 6.45) is 0.521. The molecule has 0 saturated heterocycles. The van der Waals surface area contributed by atoms with E-state index >= 15 is 0 Å². The van der Waals surface area contributed by atoms with Crippen LogP contribution in [0.5, 0.6) is 5.75 Å². The van der Waals surface area contributed by atoms with Crippen LogP contribution in [-0.4, -0.2) is 26.3 Å². The SMILES string of the molecule is Cc1cc(NS(C)(=O)=O)ccc1OC(=O)NC(C)(C)C. The molecular weight excluding hydrogens is 280 g/mol. The summed E-state index contributed by atoms with van der Waals surface area (Å²) in [5.41, 5.74) is 0.694. The molecule has 112 valence electrons. The van der Waals surface area contributed by atoms with Gasteiger partial charge >= 0.3 is 6.09 Å². The number of anilines is 1. The number of amides is 1. The lowest BCUT2D eigenvalue weighted by molar-refractivity contribution is 0.190. The van der Waals surface area contributed by atoms with Gasteiger partial charge in [0.25, 0.3) is 0 Å². The molecule has 1 aromatic rings. The summed E-state index contributed by atoms with van der Waals surface area (Å²) in [6.45, 7) is 7.27. The summed E-state index contributed by atoms with van der Waals surface area (Å²) in [4.78, 5) is 11.6. The van der Waals surface area contributed by atoms with E-state index in [2.05, 4.69) is 10.0 Å². The maximum Gasteiger partial charge on any atom is 0.413 e. The number of carbonyl (C=O) groups is 1. The van der Waals surface area contributed by atoms with Gasteiger partial charge in [-0.1, -0.05) is 0 Å². The maximum atomic E-state index is 11.6. The van der Waals surface area contributed by atoms with E-state index in [1.807, 2.05) is 20.8 Å². The Morgan fingerprint density at radius 2 is 1.85 bits per heavy atom. The molecule has 2 N–H and O–H groups in total. The van der Waals surface area contributed by atoms with Crippen molar-refractivity contribution in [1.29, 1.82) is 0 Å². The van der Waals surface area contributed by atoms with Crippen LogP contribution in [0.15, 0.2) is 18.2 Å². The molecule has 0 bridgehead atoms. The quantitative estimate of drug-likeness (QED) is 0.896. The topological polar surface area (TPSA) is 84.5 Å². The molecule has 20 heavy (non-hydrogen) atoms. The standard InChI is InChI=1S/C13H20N2O4S/c1-9-8-10(15-20(5,17)18)6-7-11(9)19-12(16)14-13(2,3)4/h6-8,15H,1-5H3,(H,14,16). The van der Waals surface area contributed by atoms with Crippen LogP contribution in [0, 0.1) is 6.92 Å². The Kier molecular flexibility index (Phi) is 4.65. The zero-order chi connectivity index (χ0) is 15.6. The molecular formula is C13H20N2O4S. The van der Waals surface area contributed by atoms with Gasteiger partial charge in [0.1, 0.15) is 5.75 Å². The van der Waals surface area contributed by atoms with Gasteiger partial charge in [-0.25, -0.2) is 13.2 Å². The second kappa shape index (κ2) is 5.70. The Hall–Kier alpha value is -1.76. The predicted octanol–water partition coefficient (Wildman–Crippen LogP) is 2.25. The van der Waals surface area contributed by atoms with Crippen LogP contribution in [0.3, 0.4) is 0 Å². The lowest BCUT2D eigenvalue weighted by atomic mass is 10.1. The molecule has 0 atom stereocenters. The molecule has 6 nitrogen and oxygen atoms in total. The van der Waals surface area contributed by atoms with E-state index in [1.165, 1.54) is 6.07 Å². The average molecular weight is 300 g/mol. The Morgan fingerprint density at radius 3 is 2.30 bits per heavy atom. The fraction of sp³-hybridized carbons (Fsp3) is 0.462. The van der Waals surface area contributed by atoms with Gasteiger partial charge in [-0.3, -0.25) is 4.72 Å². The van der Waals surface area contributed by atoms with Crippen molar-refractivity contribution in [2.75, 3.05) is 11.0 Å². The van der Waals surface area contributed by atoms with E-state index in [4.69, 9.17) is 4.74 Å². The van der Waals surface area contributed by atoms with Crippen molar-refractivity contribution in [2.24, 2.45) is 0 Å². The van der Waals surface area contributed by atoms with E-state index in [0.29, 0.717) is 17.0 Å². The molecule has 0 unspecified atom stereocenters. The smallest absolute Gasteiger partial charge is 0.410 e. The second-order valence-corrected chi connectivity index (χ2v) is 7.37. The normalized spacial score (nSPS) is 11.8.